The summed E-state index contributed by atoms with van der Waals surface area (Å²) in [7, 11) is 0. The maximum atomic E-state index is 12.4. The van der Waals surface area contributed by atoms with Crippen molar-refractivity contribution in [3.8, 4) is 11.8 Å². The van der Waals surface area contributed by atoms with Crippen molar-refractivity contribution in [1.29, 1.82) is 0 Å². The standard InChI is InChI=1S/C12H10F3NO2/c1-2-18-11(17)6-3-8-7-9(12(13,14)15)4-5-10(8)16/h4-5,7H,2,16H2,1H3. The first kappa shape index (κ1) is 13.9. The third-order valence-electron chi connectivity index (χ3n) is 1.96. The molecular formula is C12H10F3NO2. The summed E-state index contributed by atoms with van der Waals surface area (Å²) >= 11 is 0. The average molecular weight is 257 g/mol. The number of halogens is 3. The van der Waals surface area contributed by atoms with Gasteiger partial charge in [0.1, 0.15) is 0 Å². The molecule has 0 aliphatic rings. The molecular weight excluding hydrogens is 247 g/mol. The molecule has 96 valence electrons. The molecule has 6 heteroatoms. The van der Waals surface area contributed by atoms with Crippen LogP contribution in [-0.2, 0) is 15.7 Å². The Morgan fingerprint density at radius 3 is 2.67 bits per heavy atom. The molecule has 0 spiro atoms. The largest absolute Gasteiger partial charge is 0.456 e. The van der Waals surface area contributed by atoms with Gasteiger partial charge in [0.25, 0.3) is 0 Å². The van der Waals surface area contributed by atoms with Crippen LogP contribution in [0, 0.1) is 11.8 Å². The number of nitrogens with two attached hydrogens (primary N) is 1. The number of carbonyl (C=O) groups excluding carboxylic acids is 1. The SMILES string of the molecule is CCOC(=O)C#Cc1cc(C(F)(F)F)ccc1N. The van der Waals surface area contributed by atoms with E-state index in [-0.39, 0.29) is 17.9 Å². The molecule has 1 rings (SSSR count). The Labute approximate surface area is 102 Å². The van der Waals surface area contributed by atoms with E-state index in [9.17, 15) is 18.0 Å². The second kappa shape index (κ2) is 5.45. The average Bonchev–Trinajstić information content (AvgIpc) is 2.26. The van der Waals surface area contributed by atoms with E-state index in [1.165, 1.54) is 0 Å². The van der Waals surface area contributed by atoms with E-state index in [2.05, 4.69) is 16.6 Å². The van der Waals surface area contributed by atoms with Crippen molar-refractivity contribution in [3.63, 3.8) is 0 Å². The zero-order valence-electron chi connectivity index (χ0n) is 9.47. The molecule has 0 aliphatic heterocycles. The number of carbonyl (C=O) groups is 1. The molecule has 2 N–H and O–H groups in total. The molecule has 0 saturated carbocycles. The number of rotatable bonds is 1. The van der Waals surface area contributed by atoms with Gasteiger partial charge in [0.05, 0.1) is 12.2 Å². The van der Waals surface area contributed by atoms with Gasteiger partial charge in [-0.1, -0.05) is 5.92 Å². The van der Waals surface area contributed by atoms with Crippen LogP contribution in [0.25, 0.3) is 0 Å². The highest BCUT2D eigenvalue weighted by Crippen LogP contribution is 2.30. The Morgan fingerprint density at radius 1 is 1.44 bits per heavy atom. The van der Waals surface area contributed by atoms with Gasteiger partial charge in [0.2, 0.25) is 0 Å². The van der Waals surface area contributed by atoms with Crippen LogP contribution < -0.4 is 5.73 Å². The summed E-state index contributed by atoms with van der Waals surface area (Å²) in [6.45, 7) is 1.74. The highest BCUT2D eigenvalue weighted by Gasteiger charge is 2.30. The number of benzene rings is 1. The van der Waals surface area contributed by atoms with E-state index in [1.54, 1.807) is 6.92 Å². The lowest BCUT2D eigenvalue weighted by molar-refractivity contribution is -0.137. The Kier molecular flexibility index (Phi) is 4.21. The molecule has 0 radical (unpaired) electrons. The van der Waals surface area contributed by atoms with Gasteiger partial charge in [0.15, 0.2) is 0 Å². The highest BCUT2D eigenvalue weighted by atomic mass is 19.4. The highest BCUT2D eigenvalue weighted by molar-refractivity contribution is 5.89. The fourth-order valence-corrected chi connectivity index (χ4v) is 1.13. The first-order valence-corrected chi connectivity index (χ1v) is 5.00. The molecule has 0 atom stereocenters. The fraction of sp³-hybridized carbons (Fsp3) is 0.250. The van der Waals surface area contributed by atoms with Gasteiger partial charge in [-0.3, -0.25) is 0 Å². The first-order chi connectivity index (χ1) is 8.34. The Hall–Kier alpha value is -2.16. The quantitative estimate of drug-likeness (QED) is 0.476. The predicted molar refractivity (Wildman–Crippen MR) is 59.4 cm³/mol. The van der Waals surface area contributed by atoms with Crippen LogP contribution in [0.5, 0.6) is 0 Å². The number of alkyl halides is 3. The van der Waals surface area contributed by atoms with Crippen molar-refractivity contribution in [2.45, 2.75) is 13.1 Å². The van der Waals surface area contributed by atoms with Gasteiger partial charge in [-0.2, -0.15) is 13.2 Å². The predicted octanol–water partition coefficient (Wildman–Crippen LogP) is 2.20. The molecule has 3 nitrogen and oxygen atoms in total. The van der Waals surface area contributed by atoms with Crippen molar-refractivity contribution < 1.29 is 22.7 Å². The second-order valence-electron chi connectivity index (χ2n) is 3.27. The van der Waals surface area contributed by atoms with Crippen molar-refractivity contribution in [3.05, 3.63) is 29.3 Å². The van der Waals surface area contributed by atoms with Gasteiger partial charge >= 0.3 is 12.1 Å². The minimum atomic E-state index is -4.48. The molecule has 0 bridgehead atoms. The van der Waals surface area contributed by atoms with Gasteiger partial charge < -0.3 is 10.5 Å². The molecule has 18 heavy (non-hydrogen) atoms. The molecule has 0 amide bonds. The van der Waals surface area contributed by atoms with E-state index in [4.69, 9.17) is 5.73 Å². The number of hydrogen-bond donors (Lipinski definition) is 1. The van der Waals surface area contributed by atoms with Crippen LogP contribution in [0.15, 0.2) is 18.2 Å². The Morgan fingerprint density at radius 2 is 2.11 bits per heavy atom. The topological polar surface area (TPSA) is 52.3 Å². The van der Waals surface area contributed by atoms with Crippen LogP contribution in [0.2, 0.25) is 0 Å². The van der Waals surface area contributed by atoms with Gasteiger partial charge in [0, 0.05) is 17.2 Å². The monoisotopic (exact) mass is 257 g/mol. The van der Waals surface area contributed by atoms with E-state index < -0.39 is 17.7 Å². The zero-order valence-corrected chi connectivity index (χ0v) is 9.47. The number of ether oxygens (including phenoxy) is 1. The van der Waals surface area contributed by atoms with Crippen LogP contribution in [-0.4, -0.2) is 12.6 Å². The van der Waals surface area contributed by atoms with Gasteiger partial charge in [-0.15, -0.1) is 0 Å². The molecule has 0 saturated heterocycles. The Bertz CT molecular complexity index is 512. The molecule has 0 unspecified atom stereocenters. The lowest BCUT2D eigenvalue weighted by atomic mass is 10.1. The summed E-state index contributed by atoms with van der Waals surface area (Å²) in [6.07, 6.45) is -4.48. The third kappa shape index (κ3) is 3.70. The van der Waals surface area contributed by atoms with E-state index in [0.29, 0.717) is 0 Å². The summed E-state index contributed by atoms with van der Waals surface area (Å²) in [4.78, 5) is 11.0. The summed E-state index contributed by atoms with van der Waals surface area (Å²) in [6, 6.07) is 2.74. The smallest absolute Gasteiger partial charge is 0.416 e. The lowest BCUT2D eigenvalue weighted by Gasteiger charge is -2.07. The summed E-state index contributed by atoms with van der Waals surface area (Å²) in [5, 5.41) is 0. The van der Waals surface area contributed by atoms with Crippen LogP contribution >= 0.6 is 0 Å². The minimum Gasteiger partial charge on any atom is -0.456 e. The maximum Gasteiger partial charge on any atom is 0.416 e. The first-order valence-electron chi connectivity index (χ1n) is 5.00. The number of esters is 1. The van der Waals surface area contributed by atoms with Crippen molar-refractivity contribution >= 4 is 11.7 Å². The minimum absolute atomic E-state index is 0.0575. The van der Waals surface area contributed by atoms with Crippen molar-refractivity contribution in [2.24, 2.45) is 0 Å². The normalized spacial score (nSPS) is 10.4. The van der Waals surface area contributed by atoms with Crippen molar-refractivity contribution in [2.75, 3.05) is 12.3 Å². The van der Waals surface area contributed by atoms with Crippen LogP contribution in [0.4, 0.5) is 18.9 Å². The van der Waals surface area contributed by atoms with Crippen LogP contribution in [0.1, 0.15) is 18.1 Å². The molecule has 0 aromatic heterocycles. The lowest BCUT2D eigenvalue weighted by Crippen LogP contribution is -2.06. The molecule has 0 fully saturated rings. The zero-order chi connectivity index (χ0) is 13.8. The maximum absolute atomic E-state index is 12.4. The number of anilines is 1. The second-order valence-corrected chi connectivity index (χ2v) is 3.27. The molecule has 0 aliphatic carbocycles. The van der Waals surface area contributed by atoms with E-state index >= 15 is 0 Å². The number of hydrogen-bond acceptors (Lipinski definition) is 3. The summed E-state index contributed by atoms with van der Waals surface area (Å²) in [5.74, 6) is 3.51. The van der Waals surface area contributed by atoms with Crippen molar-refractivity contribution in [1.82, 2.24) is 0 Å². The molecule has 1 aromatic carbocycles. The fourth-order valence-electron chi connectivity index (χ4n) is 1.13. The summed E-state index contributed by atoms with van der Waals surface area (Å²) < 4.78 is 41.8. The Balaban J connectivity index is 3.06. The van der Waals surface area contributed by atoms with Gasteiger partial charge in [-0.05, 0) is 25.1 Å². The number of nitrogen functional groups attached to an aromatic ring is 1. The summed E-state index contributed by atoms with van der Waals surface area (Å²) in [5.41, 5.74) is 4.61. The van der Waals surface area contributed by atoms with E-state index in [1.807, 2.05) is 0 Å². The molecule has 1 aromatic rings. The molecule has 0 heterocycles. The van der Waals surface area contributed by atoms with E-state index in [0.717, 1.165) is 18.2 Å². The third-order valence-corrected chi connectivity index (χ3v) is 1.96. The van der Waals surface area contributed by atoms with Gasteiger partial charge in [-0.25, -0.2) is 4.79 Å². The van der Waals surface area contributed by atoms with Crippen LogP contribution in [0.3, 0.4) is 0 Å².